The molecule has 2 aromatic carbocycles. The molecule has 0 saturated carbocycles. The third-order valence-corrected chi connectivity index (χ3v) is 3.79. The van der Waals surface area contributed by atoms with E-state index in [4.69, 9.17) is 14.2 Å². The molecule has 0 spiro atoms. The Morgan fingerprint density at radius 3 is 2.65 bits per heavy atom. The molecule has 1 amide bonds. The molecule has 26 heavy (non-hydrogen) atoms. The summed E-state index contributed by atoms with van der Waals surface area (Å²) in [6.07, 6.45) is 0. The zero-order chi connectivity index (χ0) is 19.1. The second-order valence-electron chi connectivity index (χ2n) is 5.06. The Hall–Kier alpha value is -2.61. The van der Waals surface area contributed by atoms with E-state index in [2.05, 4.69) is 21.2 Å². The number of nitrogens with one attached hydrogen (secondary N) is 1. The fourth-order valence-corrected chi connectivity index (χ4v) is 2.66. The zero-order valence-corrected chi connectivity index (χ0v) is 15.8. The van der Waals surface area contributed by atoms with Crippen molar-refractivity contribution in [2.75, 3.05) is 25.6 Å². The molecule has 8 heteroatoms. The number of rotatable bonds is 7. The summed E-state index contributed by atoms with van der Waals surface area (Å²) in [4.78, 5) is 24.0. The molecule has 0 fully saturated rings. The number of carbonyl (C=O) groups excluding carboxylic acids is 2. The smallest absolute Gasteiger partial charge is 0.338 e. The van der Waals surface area contributed by atoms with E-state index in [0.29, 0.717) is 22.6 Å². The number of benzene rings is 2. The van der Waals surface area contributed by atoms with E-state index >= 15 is 0 Å². The molecule has 0 aliphatic rings. The first-order valence-electron chi connectivity index (χ1n) is 7.67. The minimum absolute atomic E-state index is 0.190. The number of anilines is 1. The number of ether oxygens (including phenoxy) is 3. The van der Waals surface area contributed by atoms with Crippen molar-refractivity contribution in [2.24, 2.45) is 0 Å². The van der Waals surface area contributed by atoms with Crippen molar-refractivity contribution in [1.82, 2.24) is 0 Å². The Kier molecular flexibility index (Phi) is 6.97. The predicted molar refractivity (Wildman–Crippen MR) is 97.2 cm³/mol. The summed E-state index contributed by atoms with van der Waals surface area (Å²) in [5, 5.41) is 2.44. The molecule has 0 unspecified atom stereocenters. The van der Waals surface area contributed by atoms with Gasteiger partial charge in [-0.25, -0.2) is 9.18 Å². The van der Waals surface area contributed by atoms with Gasteiger partial charge in [-0.3, -0.25) is 4.79 Å². The van der Waals surface area contributed by atoms with E-state index in [0.717, 1.165) is 6.07 Å². The van der Waals surface area contributed by atoms with Crippen LogP contribution >= 0.6 is 15.9 Å². The van der Waals surface area contributed by atoms with Crippen molar-refractivity contribution >= 4 is 33.5 Å². The molecule has 0 atom stereocenters. The van der Waals surface area contributed by atoms with E-state index in [9.17, 15) is 14.0 Å². The summed E-state index contributed by atoms with van der Waals surface area (Å²) >= 11 is 3.31. The lowest BCUT2D eigenvalue weighted by atomic mass is 10.2. The molecule has 2 rings (SSSR count). The molecule has 0 saturated heterocycles. The highest BCUT2D eigenvalue weighted by Gasteiger charge is 2.17. The van der Waals surface area contributed by atoms with E-state index in [-0.39, 0.29) is 11.3 Å². The van der Waals surface area contributed by atoms with Crippen molar-refractivity contribution in [3.8, 4) is 11.5 Å². The highest BCUT2D eigenvalue weighted by molar-refractivity contribution is 9.10. The summed E-state index contributed by atoms with van der Waals surface area (Å²) in [5.74, 6) is -0.943. The monoisotopic (exact) mass is 425 g/mol. The van der Waals surface area contributed by atoms with E-state index in [1.54, 1.807) is 0 Å². The topological polar surface area (TPSA) is 73.9 Å². The first-order valence-corrected chi connectivity index (χ1v) is 8.46. The SMILES string of the molecule is CCOc1c(Br)cc(C(=O)OCC(=O)Nc2cccc(F)c2)cc1OC. The number of carbonyl (C=O) groups is 2. The summed E-state index contributed by atoms with van der Waals surface area (Å²) in [6.45, 7) is 1.74. The third-order valence-electron chi connectivity index (χ3n) is 3.20. The van der Waals surface area contributed by atoms with Crippen LogP contribution in [0.15, 0.2) is 40.9 Å². The van der Waals surface area contributed by atoms with Crippen LogP contribution in [0.1, 0.15) is 17.3 Å². The maximum Gasteiger partial charge on any atom is 0.338 e. The quantitative estimate of drug-likeness (QED) is 0.683. The molecule has 0 heterocycles. The van der Waals surface area contributed by atoms with E-state index < -0.39 is 24.3 Å². The van der Waals surface area contributed by atoms with Crippen LogP contribution in [0.3, 0.4) is 0 Å². The molecule has 0 aliphatic carbocycles. The summed E-state index contributed by atoms with van der Waals surface area (Å²) in [5.41, 5.74) is 0.465. The Bertz CT molecular complexity index is 812. The standard InChI is InChI=1S/C18H17BrFNO5/c1-3-25-17-14(19)7-11(8-15(17)24-2)18(23)26-10-16(22)21-13-6-4-5-12(20)9-13/h4-9H,3,10H2,1-2H3,(H,21,22). The second kappa shape index (κ2) is 9.19. The van der Waals surface area contributed by atoms with Gasteiger partial charge in [0, 0.05) is 5.69 Å². The fourth-order valence-electron chi connectivity index (χ4n) is 2.10. The summed E-state index contributed by atoms with van der Waals surface area (Å²) in [7, 11) is 1.45. The third kappa shape index (κ3) is 5.19. The van der Waals surface area contributed by atoms with Crippen LogP contribution in [0.25, 0.3) is 0 Å². The number of esters is 1. The van der Waals surface area contributed by atoms with Gasteiger partial charge in [0.15, 0.2) is 18.1 Å². The normalized spacial score (nSPS) is 10.2. The minimum atomic E-state index is -0.707. The molecule has 6 nitrogen and oxygen atoms in total. The molecular formula is C18H17BrFNO5. The number of hydrogen-bond acceptors (Lipinski definition) is 5. The average molecular weight is 426 g/mol. The predicted octanol–water partition coefficient (Wildman–Crippen LogP) is 3.79. The van der Waals surface area contributed by atoms with Crippen LogP contribution < -0.4 is 14.8 Å². The Morgan fingerprint density at radius 1 is 1.23 bits per heavy atom. The fraction of sp³-hybridized carbons (Fsp3) is 0.222. The maximum absolute atomic E-state index is 13.1. The van der Waals surface area contributed by atoms with Crippen LogP contribution in [0.4, 0.5) is 10.1 Å². The van der Waals surface area contributed by atoms with Crippen molar-refractivity contribution in [2.45, 2.75) is 6.92 Å². The second-order valence-corrected chi connectivity index (χ2v) is 5.91. The van der Waals surface area contributed by atoms with Gasteiger partial charge in [0.2, 0.25) is 0 Å². The van der Waals surface area contributed by atoms with Gasteiger partial charge in [-0.1, -0.05) is 6.07 Å². The van der Waals surface area contributed by atoms with Crippen molar-refractivity contribution in [1.29, 1.82) is 0 Å². The van der Waals surface area contributed by atoms with Gasteiger partial charge in [-0.05, 0) is 53.2 Å². The number of amides is 1. The maximum atomic E-state index is 13.1. The van der Waals surface area contributed by atoms with Crippen LogP contribution in [0.5, 0.6) is 11.5 Å². The molecule has 0 aromatic heterocycles. The van der Waals surface area contributed by atoms with Gasteiger partial charge in [-0.15, -0.1) is 0 Å². The molecule has 138 valence electrons. The lowest BCUT2D eigenvalue weighted by Gasteiger charge is -2.13. The van der Waals surface area contributed by atoms with Gasteiger partial charge in [0.25, 0.3) is 5.91 Å². The van der Waals surface area contributed by atoms with Crippen LogP contribution in [-0.4, -0.2) is 32.2 Å². The van der Waals surface area contributed by atoms with Crippen LogP contribution in [0, 0.1) is 5.82 Å². The van der Waals surface area contributed by atoms with Crippen LogP contribution in [-0.2, 0) is 9.53 Å². The molecule has 2 aromatic rings. The lowest BCUT2D eigenvalue weighted by Crippen LogP contribution is -2.21. The Balaban J connectivity index is 2.01. The van der Waals surface area contributed by atoms with Gasteiger partial charge in [0.1, 0.15) is 5.82 Å². The number of methoxy groups -OCH3 is 1. The minimum Gasteiger partial charge on any atom is -0.493 e. The number of halogens is 2. The van der Waals surface area contributed by atoms with Gasteiger partial charge in [0.05, 0.1) is 23.8 Å². The van der Waals surface area contributed by atoms with Crippen molar-refractivity contribution in [3.63, 3.8) is 0 Å². The van der Waals surface area contributed by atoms with Crippen LogP contribution in [0.2, 0.25) is 0 Å². The lowest BCUT2D eigenvalue weighted by molar-refractivity contribution is -0.119. The van der Waals surface area contributed by atoms with E-state index in [1.807, 2.05) is 6.92 Å². The van der Waals surface area contributed by atoms with Gasteiger partial charge >= 0.3 is 5.97 Å². The molecule has 0 aliphatic heterocycles. The summed E-state index contributed by atoms with van der Waals surface area (Å²) in [6, 6.07) is 8.38. The Morgan fingerprint density at radius 2 is 2.00 bits per heavy atom. The van der Waals surface area contributed by atoms with E-state index in [1.165, 1.54) is 37.4 Å². The number of hydrogen-bond donors (Lipinski definition) is 1. The van der Waals surface area contributed by atoms with Gasteiger partial charge < -0.3 is 19.5 Å². The Labute approximate surface area is 158 Å². The van der Waals surface area contributed by atoms with Crippen molar-refractivity contribution in [3.05, 3.63) is 52.3 Å². The highest BCUT2D eigenvalue weighted by Crippen LogP contribution is 2.36. The molecule has 0 radical (unpaired) electrons. The summed E-state index contributed by atoms with van der Waals surface area (Å²) < 4.78 is 29.3. The first-order chi connectivity index (χ1) is 12.4. The molecule has 0 bridgehead atoms. The largest absolute Gasteiger partial charge is 0.493 e. The molecular weight excluding hydrogens is 409 g/mol. The molecule has 1 N–H and O–H groups in total. The first kappa shape index (κ1) is 19.7. The average Bonchev–Trinajstić information content (AvgIpc) is 2.61. The van der Waals surface area contributed by atoms with Crippen molar-refractivity contribution < 1.29 is 28.2 Å². The highest BCUT2D eigenvalue weighted by atomic mass is 79.9. The zero-order valence-electron chi connectivity index (χ0n) is 14.2. The van der Waals surface area contributed by atoms with Gasteiger partial charge in [-0.2, -0.15) is 0 Å².